The fourth-order valence-corrected chi connectivity index (χ4v) is 2.76. The number of imidazole rings is 1. The molecule has 2 aromatic heterocycles. The van der Waals surface area contributed by atoms with Gasteiger partial charge in [-0.15, -0.1) is 0 Å². The van der Waals surface area contributed by atoms with E-state index in [2.05, 4.69) is 10.3 Å². The minimum Gasteiger partial charge on any atom is -0.386 e. The number of fused-ring (bicyclic) bond motifs is 1. The van der Waals surface area contributed by atoms with Crippen LogP contribution < -0.4 is 10.8 Å². The summed E-state index contributed by atoms with van der Waals surface area (Å²) in [4.78, 5) is 4.09. The lowest BCUT2D eigenvalue weighted by molar-refractivity contribution is 0.587. The number of pyridine rings is 1. The lowest BCUT2D eigenvalue weighted by Crippen LogP contribution is -2.13. The van der Waals surface area contributed by atoms with Crippen molar-refractivity contribution >= 4 is 23.8 Å². The first-order valence-corrected chi connectivity index (χ1v) is 7.32. The molecule has 1 N–H and O–H groups in total. The predicted molar refractivity (Wildman–Crippen MR) is 63.8 cm³/mol. The lowest BCUT2D eigenvalue weighted by Gasteiger charge is -2.12. The van der Waals surface area contributed by atoms with Crippen LogP contribution in [0.5, 0.6) is 0 Å². The Balaban J connectivity index is 2.80. The molecule has 0 amide bonds. The first-order chi connectivity index (χ1) is 7.04. The second-order valence-electron chi connectivity index (χ2n) is 3.85. The molecule has 0 unspecified atom stereocenters. The Morgan fingerprint density at radius 2 is 2.13 bits per heavy atom. The van der Waals surface area contributed by atoms with E-state index in [1.54, 1.807) is 25.9 Å². The normalized spacial score (nSPS) is 11.9. The van der Waals surface area contributed by atoms with E-state index < -0.39 is 7.14 Å². The largest absolute Gasteiger partial charge is 0.386 e. The molecule has 0 atom stereocenters. The van der Waals surface area contributed by atoms with E-state index in [0.717, 1.165) is 16.6 Å². The van der Waals surface area contributed by atoms with Gasteiger partial charge in [0, 0.05) is 7.05 Å². The Bertz CT molecular complexity index is 541. The number of aromatic nitrogens is 2. The zero-order valence-corrected chi connectivity index (χ0v) is 9.95. The summed E-state index contributed by atoms with van der Waals surface area (Å²) >= 11 is 0. The molecule has 2 rings (SSSR count). The molecule has 2 heterocycles. The van der Waals surface area contributed by atoms with Crippen LogP contribution in [-0.4, -0.2) is 29.8 Å². The molecule has 0 spiro atoms. The average Bonchev–Trinajstić information content (AvgIpc) is 2.62. The maximum absolute atomic E-state index is 12.1. The zero-order valence-electron chi connectivity index (χ0n) is 9.06. The second kappa shape index (κ2) is 3.38. The molecule has 0 aliphatic carbocycles. The average molecular weight is 223 g/mol. The number of anilines is 1. The van der Waals surface area contributed by atoms with E-state index in [1.165, 1.54) is 0 Å². The van der Waals surface area contributed by atoms with Crippen LogP contribution in [0.3, 0.4) is 0 Å². The van der Waals surface area contributed by atoms with Crippen molar-refractivity contribution < 1.29 is 4.57 Å². The van der Waals surface area contributed by atoms with Crippen molar-refractivity contribution in [3.63, 3.8) is 0 Å². The number of nitrogens with zero attached hydrogens (tertiary/aromatic N) is 2. The van der Waals surface area contributed by atoms with Gasteiger partial charge in [-0.1, -0.05) is 0 Å². The molecule has 0 aromatic carbocycles. The van der Waals surface area contributed by atoms with Crippen molar-refractivity contribution in [2.45, 2.75) is 0 Å². The van der Waals surface area contributed by atoms with Crippen molar-refractivity contribution in [1.82, 2.24) is 9.38 Å². The molecule has 4 nitrogen and oxygen atoms in total. The maximum atomic E-state index is 12.1. The molecule has 5 heteroatoms. The summed E-state index contributed by atoms with van der Waals surface area (Å²) in [7, 11) is -0.405. The van der Waals surface area contributed by atoms with Gasteiger partial charge >= 0.3 is 0 Å². The SMILES string of the molecule is CNc1ccc(P(C)(C)=O)n2cncc12. The summed E-state index contributed by atoms with van der Waals surface area (Å²) < 4.78 is 13.9. The third-order valence-corrected chi connectivity index (χ3v) is 3.85. The van der Waals surface area contributed by atoms with Gasteiger partial charge in [0.15, 0.2) is 0 Å². The molecule has 80 valence electrons. The molecule has 0 fully saturated rings. The van der Waals surface area contributed by atoms with Crippen molar-refractivity contribution in [2.75, 3.05) is 25.7 Å². The molecule has 0 aliphatic rings. The minimum atomic E-state index is -2.27. The van der Waals surface area contributed by atoms with E-state index in [1.807, 2.05) is 23.6 Å². The Labute approximate surface area is 88.7 Å². The van der Waals surface area contributed by atoms with Gasteiger partial charge in [-0.05, 0) is 25.5 Å². The Morgan fingerprint density at radius 3 is 2.73 bits per heavy atom. The summed E-state index contributed by atoms with van der Waals surface area (Å²) in [6, 6.07) is 3.83. The molecule has 0 saturated heterocycles. The molecule has 0 aliphatic heterocycles. The summed E-state index contributed by atoms with van der Waals surface area (Å²) in [5, 5.41) is 3.08. The van der Waals surface area contributed by atoms with Crippen molar-refractivity contribution in [3.8, 4) is 0 Å². The molecular formula is C10H14N3OP. The number of rotatable bonds is 2. The second-order valence-corrected chi connectivity index (χ2v) is 7.01. The van der Waals surface area contributed by atoms with Crippen molar-refractivity contribution in [3.05, 3.63) is 24.7 Å². The fourth-order valence-electron chi connectivity index (χ4n) is 1.65. The van der Waals surface area contributed by atoms with Crippen LogP contribution in [0.15, 0.2) is 24.7 Å². The highest BCUT2D eigenvalue weighted by Crippen LogP contribution is 2.35. The van der Waals surface area contributed by atoms with Gasteiger partial charge in [-0.3, -0.25) is 4.40 Å². The van der Waals surface area contributed by atoms with Crippen LogP contribution in [0.25, 0.3) is 5.52 Å². The third-order valence-electron chi connectivity index (χ3n) is 2.38. The van der Waals surface area contributed by atoms with Crippen molar-refractivity contribution in [2.24, 2.45) is 0 Å². The van der Waals surface area contributed by atoms with Crippen LogP contribution in [0.4, 0.5) is 5.69 Å². The standard InChI is InChI=1S/C10H14N3OP/c1-11-8-4-5-10(15(2,3)14)13-7-12-6-9(8)13/h4-7,11H,1-3H3. The van der Waals surface area contributed by atoms with Gasteiger partial charge in [0.25, 0.3) is 0 Å². The molecular weight excluding hydrogens is 209 g/mol. The highest BCUT2D eigenvalue weighted by Gasteiger charge is 2.16. The topological polar surface area (TPSA) is 46.4 Å². The van der Waals surface area contributed by atoms with Crippen LogP contribution in [-0.2, 0) is 4.57 Å². The lowest BCUT2D eigenvalue weighted by atomic mass is 10.3. The van der Waals surface area contributed by atoms with Gasteiger partial charge in [-0.25, -0.2) is 4.98 Å². The maximum Gasteiger partial charge on any atom is 0.125 e. The quantitative estimate of drug-likeness (QED) is 0.787. The highest BCUT2D eigenvalue weighted by atomic mass is 31.2. The van der Waals surface area contributed by atoms with Crippen molar-refractivity contribution in [1.29, 1.82) is 0 Å². The number of hydrogen-bond donors (Lipinski definition) is 1. The summed E-state index contributed by atoms with van der Waals surface area (Å²) in [5.41, 5.74) is 2.78. The first kappa shape index (κ1) is 10.2. The first-order valence-electron chi connectivity index (χ1n) is 4.72. The summed E-state index contributed by atoms with van der Waals surface area (Å²) in [5.74, 6) is 0. The van der Waals surface area contributed by atoms with E-state index in [-0.39, 0.29) is 0 Å². The smallest absolute Gasteiger partial charge is 0.125 e. The Kier molecular flexibility index (Phi) is 2.31. The number of nitrogens with one attached hydrogen (secondary N) is 1. The third kappa shape index (κ3) is 1.65. The van der Waals surface area contributed by atoms with Crippen LogP contribution in [0, 0.1) is 0 Å². The van der Waals surface area contributed by atoms with Gasteiger partial charge in [0.05, 0.1) is 29.2 Å². The minimum absolute atomic E-state index is 0.828. The molecule has 0 radical (unpaired) electrons. The Hall–Kier alpha value is -1.28. The predicted octanol–water partition coefficient (Wildman–Crippen LogP) is 1.62. The van der Waals surface area contributed by atoms with E-state index in [4.69, 9.17) is 0 Å². The van der Waals surface area contributed by atoms with Gasteiger partial charge in [0.2, 0.25) is 0 Å². The fraction of sp³-hybridized carbons (Fsp3) is 0.300. The number of hydrogen-bond acceptors (Lipinski definition) is 3. The molecule has 2 aromatic rings. The van der Waals surface area contributed by atoms with E-state index in [0.29, 0.717) is 0 Å². The molecule has 15 heavy (non-hydrogen) atoms. The molecule has 0 saturated carbocycles. The van der Waals surface area contributed by atoms with Crippen LogP contribution in [0.2, 0.25) is 0 Å². The van der Waals surface area contributed by atoms with Crippen LogP contribution >= 0.6 is 7.14 Å². The van der Waals surface area contributed by atoms with E-state index >= 15 is 0 Å². The van der Waals surface area contributed by atoms with Gasteiger partial charge in [-0.2, -0.15) is 0 Å². The summed E-state index contributed by atoms with van der Waals surface area (Å²) in [6.07, 6.45) is 3.47. The monoisotopic (exact) mass is 223 g/mol. The Morgan fingerprint density at radius 1 is 1.40 bits per heavy atom. The molecule has 0 bridgehead atoms. The summed E-state index contributed by atoms with van der Waals surface area (Å²) in [6.45, 7) is 3.53. The highest BCUT2D eigenvalue weighted by molar-refractivity contribution is 7.69. The van der Waals surface area contributed by atoms with Crippen LogP contribution in [0.1, 0.15) is 0 Å². The van der Waals surface area contributed by atoms with E-state index in [9.17, 15) is 4.57 Å². The van der Waals surface area contributed by atoms with Gasteiger partial charge in [0.1, 0.15) is 7.14 Å². The zero-order chi connectivity index (χ0) is 11.1. The van der Waals surface area contributed by atoms with Gasteiger partial charge < -0.3 is 9.88 Å².